The van der Waals surface area contributed by atoms with Crippen LogP contribution in [-0.2, 0) is 0 Å². The molecule has 0 aromatic rings. The predicted octanol–water partition coefficient (Wildman–Crippen LogP) is 1.56. The Morgan fingerprint density at radius 1 is 1.29 bits per heavy atom. The number of hydrogen-bond donors (Lipinski definition) is 1. The largest absolute Gasteiger partial charge is 0.313 e. The molecule has 0 unspecified atom stereocenters. The molecule has 0 saturated carbocycles. The molecular weight excluding hydrogens is 172 g/mol. The van der Waals surface area contributed by atoms with E-state index >= 15 is 0 Å². The van der Waals surface area contributed by atoms with Crippen LogP contribution in [0.15, 0.2) is 23.8 Å². The lowest BCUT2D eigenvalue weighted by atomic mass is 10.2. The highest BCUT2D eigenvalue weighted by Crippen LogP contribution is 2.07. The zero-order valence-electron chi connectivity index (χ0n) is 8.84. The van der Waals surface area contributed by atoms with Gasteiger partial charge in [0.1, 0.15) is 0 Å². The van der Waals surface area contributed by atoms with Crippen LogP contribution >= 0.6 is 0 Å². The SMILES string of the molecule is C1=CC(CNCCCCN2CC2)=CC1. The van der Waals surface area contributed by atoms with Crippen molar-refractivity contribution in [2.75, 3.05) is 32.7 Å². The van der Waals surface area contributed by atoms with Crippen LogP contribution < -0.4 is 5.32 Å². The number of rotatable bonds is 7. The normalized spacial score (nSPS) is 20.1. The van der Waals surface area contributed by atoms with Gasteiger partial charge >= 0.3 is 0 Å². The lowest BCUT2D eigenvalue weighted by Gasteiger charge is -2.04. The summed E-state index contributed by atoms with van der Waals surface area (Å²) in [4.78, 5) is 2.49. The van der Waals surface area contributed by atoms with E-state index in [1.165, 1.54) is 44.6 Å². The maximum Gasteiger partial charge on any atom is 0.0202 e. The number of unbranched alkanes of at least 4 members (excludes halogenated alkanes) is 1. The Bertz CT molecular complexity index is 226. The molecule has 0 atom stereocenters. The van der Waals surface area contributed by atoms with Crippen molar-refractivity contribution in [2.45, 2.75) is 19.3 Å². The van der Waals surface area contributed by atoms with Crippen molar-refractivity contribution in [1.29, 1.82) is 0 Å². The molecule has 1 N–H and O–H groups in total. The fourth-order valence-electron chi connectivity index (χ4n) is 1.75. The minimum atomic E-state index is 1.06. The summed E-state index contributed by atoms with van der Waals surface area (Å²) in [5.41, 5.74) is 1.45. The monoisotopic (exact) mass is 192 g/mol. The summed E-state index contributed by atoms with van der Waals surface area (Å²) in [5.74, 6) is 0. The minimum absolute atomic E-state index is 1.06. The van der Waals surface area contributed by atoms with Crippen molar-refractivity contribution in [1.82, 2.24) is 10.2 Å². The molecule has 2 aliphatic rings. The van der Waals surface area contributed by atoms with Crippen molar-refractivity contribution < 1.29 is 0 Å². The zero-order valence-corrected chi connectivity index (χ0v) is 8.84. The highest BCUT2D eigenvalue weighted by Gasteiger charge is 2.14. The third-order valence-electron chi connectivity index (χ3n) is 2.79. The van der Waals surface area contributed by atoms with Crippen LogP contribution in [0.5, 0.6) is 0 Å². The highest BCUT2D eigenvalue weighted by molar-refractivity contribution is 5.26. The fraction of sp³-hybridized carbons (Fsp3) is 0.667. The van der Waals surface area contributed by atoms with Gasteiger partial charge in [0.25, 0.3) is 0 Å². The van der Waals surface area contributed by atoms with Crippen LogP contribution in [0, 0.1) is 0 Å². The van der Waals surface area contributed by atoms with Crippen LogP contribution in [0.1, 0.15) is 19.3 Å². The third kappa shape index (κ3) is 3.64. The summed E-state index contributed by atoms with van der Waals surface area (Å²) in [7, 11) is 0. The molecule has 0 radical (unpaired) electrons. The van der Waals surface area contributed by atoms with E-state index in [0.717, 1.165) is 13.0 Å². The van der Waals surface area contributed by atoms with Crippen LogP contribution in [0.2, 0.25) is 0 Å². The van der Waals surface area contributed by atoms with Gasteiger partial charge in [0.05, 0.1) is 0 Å². The van der Waals surface area contributed by atoms with E-state index in [1.807, 2.05) is 0 Å². The van der Waals surface area contributed by atoms with Gasteiger partial charge in [-0.05, 0) is 37.9 Å². The second-order valence-electron chi connectivity index (χ2n) is 4.14. The quantitative estimate of drug-likeness (QED) is 0.486. The molecule has 0 aromatic carbocycles. The van der Waals surface area contributed by atoms with E-state index in [-0.39, 0.29) is 0 Å². The zero-order chi connectivity index (χ0) is 9.64. The highest BCUT2D eigenvalue weighted by atomic mass is 15.2. The van der Waals surface area contributed by atoms with Gasteiger partial charge in [0.2, 0.25) is 0 Å². The van der Waals surface area contributed by atoms with Crippen LogP contribution in [0.4, 0.5) is 0 Å². The molecule has 0 amide bonds. The molecule has 1 fully saturated rings. The molecule has 2 nitrogen and oxygen atoms in total. The summed E-state index contributed by atoms with van der Waals surface area (Å²) in [6.07, 6.45) is 10.5. The molecule has 2 heteroatoms. The molecule has 0 spiro atoms. The first-order chi connectivity index (χ1) is 6.95. The molecule has 1 saturated heterocycles. The lowest BCUT2D eigenvalue weighted by Crippen LogP contribution is -2.18. The van der Waals surface area contributed by atoms with Crippen molar-refractivity contribution in [2.24, 2.45) is 0 Å². The summed E-state index contributed by atoms with van der Waals surface area (Å²) < 4.78 is 0. The Hall–Kier alpha value is -0.600. The minimum Gasteiger partial charge on any atom is -0.313 e. The summed E-state index contributed by atoms with van der Waals surface area (Å²) in [5, 5.41) is 3.48. The van der Waals surface area contributed by atoms with Gasteiger partial charge < -0.3 is 10.2 Å². The van der Waals surface area contributed by atoms with E-state index in [0.29, 0.717) is 0 Å². The van der Waals surface area contributed by atoms with Gasteiger partial charge in [-0.3, -0.25) is 0 Å². The van der Waals surface area contributed by atoms with E-state index in [9.17, 15) is 0 Å². The van der Waals surface area contributed by atoms with E-state index in [4.69, 9.17) is 0 Å². The lowest BCUT2D eigenvalue weighted by molar-refractivity contribution is 0.511. The number of hydrogen-bond acceptors (Lipinski definition) is 2. The number of allylic oxidation sites excluding steroid dienone is 2. The van der Waals surface area contributed by atoms with Crippen LogP contribution in [0.3, 0.4) is 0 Å². The van der Waals surface area contributed by atoms with Gasteiger partial charge in [0, 0.05) is 19.6 Å². The summed E-state index contributed by atoms with van der Waals surface area (Å²) in [6, 6.07) is 0. The second-order valence-corrected chi connectivity index (χ2v) is 4.14. The van der Waals surface area contributed by atoms with E-state index in [1.54, 1.807) is 0 Å². The number of nitrogens with one attached hydrogen (secondary N) is 1. The summed E-state index contributed by atoms with van der Waals surface area (Å²) in [6.45, 7) is 6.21. The molecule has 14 heavy (non-hydrogen) atoms. The molecule has 0 aromatic heterocycles. The van der Waals surface area contributed by atoms with E-state index in [2.05, 4.69) is 28.4 Å². The average Bonchev–Trinajstić information content (AvgIpc) is 2.87. The maximum absolute atomic E-state index is 3.48. The molecule has 1 aliphatic heterocycles. The topological polar surface area (TPSA) is 15.0 Å². The summed E-state index contributed by atoms with van der Waals surface area (Å²) >= 11 is 0. The average molecular weight is 192 g/mol. The van der Waals surface area contributed by atoms with Crippen molar-refractivity contribution in [3.8, 4) is 0 Å². The second kappa shape index (κ2) is 5.32. The molecule has 2 rings (SSSR count). The molecule has 1 aliphatic carbocycles. The Kier molecular flexibility index (Phi) is 3.78. The maximum atomic E-state index is 3.48. The van der Waals surface area contributed by atoms with Gasteiger partial charge in [-0.1, -0.05) is 18.2 Å². The van der Waals surface area contributed by atoms with Crippen molar-refractivity contribution in [3.05, 3.63) is 23.8 Å². The Morgan fingerprint density at radius 3 is 2.93 bits per heavy atom. The first-order valence-corrected chi connectivity index (χ1v) is 5.74. The first-order valence-electron chi connectivity index (χ1n) is 5.74. The standard InChI is InChI=1S/C12H20N2/c1-2-6-12(5-1)11-13-7-3-4-8-14-9-10-14/h1,5-6,13H,2-4,7-11H2. The predicted molar refractivity (Wildman–Crippen MR) is 60.4 cm³/mol. The van der Waals surface area contributed by atoms with Gasteiger partial charge in [0.15, 0.2) is 0 Å². The molecule has 1 heterocycles. The van der Waals surface area contributed by atoms with Gasteiger partial charge in [-0.15, -0.1) is 0 Å². The number of nitrogens with zero attached hydrogens (tertiary/aromatic N) is 1. The Balaban J connectivity index is 1.40. The molecule has 0 bridgehead atoms. The van der Waals surface area contributed by atoms with Crippen molar-refractivity contribution >= 4 is 0 Å². The Morgan fingerprint density at radius 2 is 2.21 bits per heavy atom. The first kappa shape index (κ1) is 9.94. The van der Waals surface area contributed by atoms with Gasteiger partial charge in [-0.2, -0.15) is 0 Å². The third-order valence-corrected chi connectivity index (χ3v) is 2.79. The van der Waals surface area contributed by atoms with Crippen LogP contribution in [-0.4, -0.2) is 37.6 Å². The van der Waals surface area contributed by atoms with Gasteiger partial charge in [-0.25, -0.2) is 0 Å². The fourth-order valence-corrected chi connectivity index (χ4v) is 1.75. The Labute approximate surface area is 86.7 Å². The molecule has 78 valence electrons. The van der Waals surface area contributed by atoms with E-state index < -0.39 is 0 Å². The smallest absolute Gasteiger partial charge is 0.0202 e. The van der Waals surface area contributed by atoms with Crippen molar-refractivity contribution in [3.63, 3.8) is 0 Å². The van der Waals surface area contributed by atoms with Crippen LogP contribution in [0.25, 0.3) is 0 Å². The molecular formula is C12H20N2.